The lowest BCUT2D eigenvalue weighted by Crippen LogP contribution is -2.32. The number of hydrogen-bond donors (Lipinski definition) is 0. The van der Waals surface area contributed by atoms with Crippen molar-refractivity contribution in [2.75, 3.05) is 13.6 Å². The van der Waals surface area contributed by atoms with Crippen molar-refractivity contribution in [2.24, 2.45) is 5.92 Å². The molecule has 112 valence electrons. The van der Waals surface area contributed by atoms with Gasteiger partial charge < -0.3 is 4.90 Å². The van der Waals surface area contributed by atoms with E-state index >= 15 is 0 Å². The monoisotopic (exact) mass is 283 g/mol. The van der Waals surface area contributed by atoms with Crippen LogP contribution < -0.4 is 0 Å². The Hall–Kier alpha value is -1.29. The van der Waals surface area contributed by atoms with Crippen LogP contribution >= 0.6 is 0 Å². The predicted molar refractivity (Wildman–Crippen MR) is 76.9 cm³/mol. The highest BCUT2D eigenvalue weighted by Gasteiger charge is 2.17. The highest BCUT2D eigenvalue weighted by Crippen LogP contribution is 2.15. The molecule has 0 amide bonds. The van der Waals surface area contributed by atoms with Crippen LogP contribution in [0.5, 0.6) is 0 Å². The summed E-state index contributed by atoms with van der Waals surface area (Å²) in [4.78, 5) is 14.0. The quantitative estimate of drug-likeness (QED) is 0.707. The molecule has 4 heteroatoms. The Morgan fingerprint density at radius 3 is 2.50 bits per heavy atom. The first kappa shape index (κ1) is 16.8. The van der Waals surface area contributed by atoms with Crippen molar-refractivity contribution < 1.29 is 13.6 Å². The molecule has 0 aliphatic rings. The summed E-state index contributed by atoms with van der Waals surface area (Å²) in [7, 11) is 1.95. The van der Waals surface area contributed by atoms with Gasteiger partial charge in [0.15, 0.2) is 17.4 Å². The van der Waals surface area contributed by atoms with E-state index in [1.54, 1.807) is 0 Å². The first-order chi connectivity index (χ1) is 9.32. The number of benzene rings is 1. The fraction of sp³-hybridized carbons (Fsp3) is 0.562. The number of Topliss-reactive ketones (excluding diaryl/α,β-unsaturated/α-hetero) is 1. The molecular formula is C16H23F2NO. The smallest absolute Gasteiger partial charge is 0.169 e. The van der Waals surface area contributed by atoms with Gasteiger partial charge in [0.05, 0.1) is 5.56 Å². The average molecular weight is 283 g/mol. The third kappa shape index (κ3) is 4.67. The van der Waals surface area contributed by atoms with Gasteiger partial charge in [0.25, 0.3) is 0 Å². The zero-order valence-corrected chi connectivity index (χ0v) is 12.6. The minimum Gasteiger partial charge on any atom is -0.303 e. The predicted octanol–water partition coefficient (Wildman–Crippen LogP) is 3.90. The highest BCUT2D eigenvalue weighted by atomic mass is 19.2. The Labute approximate surface area is 119 Å². The van der Waals surface area contributed by atoms with Crippen LogP contribution in [0.4, 0.5) is 8.78 Å². The SMILES string of the molecule is CC(C)CC(C)N(C)CCC(=O)c1cccc(F)c1F. The first-order valence-electron chi connectivity index (χ1n) is 7.00. The van der Waals surface area contributed by atoms with Crippen molar-refractivity contribution in [1.29, 1.82) is 0 Å². The van der Waals surface area contributed by atoms with Crippen LogP contribution in [0.25, 0.3) is 0 Å². The van der Waals surface area contributed by atoms with Gasteiger partial charge in [-0.15, -0.1) is 0 Å². The minimum absolute atomic E-state index is 0.157. The molecule has 0 N–H and O–H groups in total. The van der Waals surface area contributed by atoms with E-state index in [4.69, 9.17) is 0 Å². The Balaban J connectivity index is 2.57. The van der Waals surface area contributed by atoms with Crippen LogP contribution in [-0.4, -0.2) is 30.3 Å². The van der Waals surface area contributed by atoms with Crippen LogP contribution in [-0.2, 0) is 0 Å². The van der Waals surface area contributed by atoms with Gasteiger partial charge in [-0.05, 0) is 38.4 Å². The number of ketones is 1. The van der Waals surface area contributed by atoms with E-state index in [0.29, 0.717) is 18.5 Å². The summed E-state index contributed by atoms with van der Waals surface area (Å²) in [6, 6.07) is 4.07. The second kappa shape index (κ2) is 7.48. The van der Waals surface area contributed by atoms with Gasteiger partial charge in [0, 0.05) is 19.0 Å². The molecule has 0 bridgehead atoms. The Morgan fingerprint density at radius 1 is 1.25 bits per heavy atom. The number of rotatable bonds is 7. The van der Waals surface area contributed by atoms with Gasteiger partial charge in [-0.1, -0.05) is 19.9 Å². The molecule has 0 heterocycles. The van der Waals surface area contributed by atoms with Crippen LogP contribution in [0, 0.1) is 17.6 Å². The van der Waals surface area contributed by atoms with E-state index in [1.807, 2.05) is 7.05 Å². The number of halogens is 2. The van der Waals surface area contributed by atoms with E-state index in [1.165, 1.54) is 12.1 Å². The maximum atomic E-state index is 13.5. The lowest BCUT2D eigenvalue weighted by Gasteiger charge is -2.25. The molecule has 2 nitrogen and oxygen atoms in total. The Bertz CT molecular complexity index is 460. The zero-order valence-electron chi connectivity index (χ0n) is 12.6. The van der Waals surface area contributed by atoms with Gasteiger partial charge in [0.1, 0.15) is 0 Å². The summed E-state index contributed by atoms with van der Waals surface area (Å²) in [6.07, 6.45) is 1.23. The highest BCUT2D eigenvalue weighted by molar-refractivity contribution is 5.96. The Kier molecular flexibility index (Phi) is 6.27. The largest absolute Gasteiger partial charge is 0.303 e. The summed E-state index contributed by atoms with van der Waals surface area (Å²) < 4.78 is 26.6. The van der Waals surface area contributed by atoms with Crippen LogP contribution in [0.3, 0.4) is 0 Å². The van der Waals surface area contributed by atoms with E-state index in [0.717, 1.165) is 12.5 Å². The van der Waals surface area contributed by atoms with Gasteiger partial charge in [-0.2, -0.15) is 0 Å². The fourth-order valence-corrected chi connectivity index (χ4v) is 2.21. The van der Waals surface area contributed by atoms with Gasteiger partial charge >= 0.3 is 0 Å². The van der Waals surface area contributed by atoms with Crippen molar-refractivity contribution in [3.05, 3.63) is 35.4 Å². The Morgan fingerprint density at radius 2 is 1.90 bits per heavy atom. The second-order valence-electron chi connectivity index (χ2n) is 5.73. The van der Waals surface area contributed by atoms with Gasteiger partial charge in [-0.3, -0.25) is 4.79 Å². The van der Waals surface area contributed by atoms with Crippen LogP contribution in [0.15, 0.2) is 18.2 Å². The molecule has 0 saturated heterocycles. The molecular weight excluding hydrogens is 260 g/mol. The lowest BCUT2D eigenvalue weighted by molar-refractivity contribution is 0.0954. The topological polar surface area (TPSA) is 20.3 Å². The van der Waals surface area contributed by atoms with Crippen molar-refractivity contribution in [3.63, 3.8) is 0 Å². The summed E-state index contributed by atoms with van der Waals surface area (Å²) in [6.45, 7) is 6.95. The van der Waals surface area contributed by atoms with Gasteiger partial charge in [-0.25, -0.2) is 8.78 Å². The molecule has 1 unspecified atom stereocenters. The van der Waals surface area contributed by atoms with E-state index in [2.05, 4.69) is 25.7 Å². The molecule has 1 rings (SSSR count). The molecule has 0 aliphatic carbocycles. The number of hydrogen-bond acceptors (Lipinski definition) is 2. The molecule has 0 aromatic heterocycles. The van der Waals surface area contributed by atoms with Crippen molar-refractivity contribution in [2.45, 2.75) is 39.7 Å². The maximum Gasteiger partial charge on any atom is 0.169 e. The zero-order chi connectivity index (χ0) is 15.3. The molecule has 20 heavy (non-hydrogen) atoms. The molecule has 0 radical (unpaired) electrons. The summed E-state index contributed by atoms with van der Waals surface area (Å²) in [5.41, 5.74) is -0.157. The number of carbonyl (C=O) groups is 1. The van der Waals surface area contributed by atoms with E-state index in [9.17, 15) is 13.6 Å². The maximum absolute atomic E-state index is 13.5. The fourth-order valence-electron chi connectivity index (χ4n) is 2.21. The molecule has 0 spiro atoms. The second-order valence-corrected chi connectivity index (χ2v) is 5.73. The molecule has 1 aromatic rings. The summed E-state index contributed by atoms with van der Waals surface area (Å²) in [5.74, 6) is -1.79. The third-order valence-electron chi connectivity index (χ3n) is 3.51. The van der Waals surface area contributed by atoms with Crippen molar-refractivity contribution >= 4 is 5.78 Å². The lowest BCUT2D eigenvalue weighted by atomic mass is 10.0. The molecule has 0 fully saturated rings. The normalized spacial score (nSPS) is 13.0. The standard InChI is InChI=1S/C16H23F2NO/c1-11(2)10-12(3)19(4)9-8-15(20)13-6-5-7-14(17)16(13)18/h5-7,11-12H,8-10H2,1-4H3. The average Bonchev–Trinajstić information content (AvgIpc) is 2.37. The number of carbonyl (C=O) groups excluding carboxylic acids is 1. The van der Waals surface area contributed by atoms with Crippen molar-refractivity contribution in [1.82, 2.24) is 4.90 Å². The van der Waals surface area contributed by atoms with Gasteiger partial charge in [0.2, 0.25) is 0 Å². The van der Waals surface area contributed by atoms with E-state index < -0.39 is 11.6 Å². The minimum atomic E-state index is -1.05. The first-order valence-corrected chi connectivity index (χ1v) is 7.00. The third-order valence-corrected chi connectivity index (χ3v) is 3.51. The van der Waals surface area contributed by atoms with Crippen LogP contribution in [0.1, 0.15) is 44.0 Å². The summed E-state index contributed by atoms with van der Waals surface area (Å²) in [5, 5.41) is 0. The molecule has 0 saturated carbocycles. The van der Waals surface area contributed by atoms with E-state index in [-0.39, 0.29) is 17.8 Å². The molecule has 0 aliphatic heterocycles. The van der Waals surface area contributed by atoms with Crippen molar-refractivity contribution in [3.8, 4) is 0 Å². The summed E-state index contributed by atoms with van der Waals surface area (Å²) >= 11 is 0. The number of nitrogens with zero attached hydrogens (tertiary/aromatic N) is 1. The molecule has 1 aromatic carbocycles. The van der Waals surface area contributed by atoms with Crippen LogP contribution in [0.2, 0.25) is 0 Å². The molecule has 1 atom stereocenters.